The Morgan fingerprint density at radius 1 is 1.28 bits per heavy atom. The molecule has 0 aliphatic carbocycles. The van der Waals surface area contributed by atoms with Gasteiger partial charge in [-0.1, -0.05) is 37.3 Å². The molecule has 130 valence electrons. The fourth-order valence-electron chi connectivity index (χ4n) is 2.58. The van der Waals surface area contributed by atoms with E-state index >= 15 is 0 Å². The Hall–Kier alpha value is -2.65. The number of rotatable bonds is 6. The molecular weight excluding hydrogens is 336 g/mol. The Bertz CT molecular complexity index is 806. The quantitative estimate of drug-likeness (QED) is 0.785. The Balaban J connectivity index is 2.30. The van der Waals surface area contributed by atoms with E-state index < -0.39 is 5.97 Å². The van der Waals surface area contributed by atoms with Gasteiger partial charge >= 0.3 is 5.97 Å². The normalized spacial score (nSPS) is 11.4. The van der Waals surface area contributed by atoms with Crippen LogP contribution in [0.5, 0.6) is 0 Å². The summed E-state index contributed by atoms with van der Waals surface area (Å²) in [4.78, 5) is 25.1. The third-order valence-corrected chi connectivity index (χ3v) is 5.07. The number of carbonyl (C=O) groups excluding carboxylic acids is 2. The van der Waals surface area contributed by atoms with Gasteiger partial charge in [-0.2, -0.15) is 5.26 Å². The van der Waals surface area contributed by atoms with Crippen molar-refractivity contribution in [1.82, 2.24) is 0 Å². The number of hydrogen-bond acceptors (Lipinski definition) is 5. The Kier molecular flexibility index (Phi) is 6.31. The van der Waals surface area contributed by atoms with Crippen LogP contribution in [0.25, 0.3) is 0 Å². The molecule has 2 rings (SSSR count). The molecule has 6 heteroatoms. The highest BCUT2D eigenvalue weighted by atomic mass is 32.1. The van der Waals surface area contributed by atoms with Crippen molar-refractivity contribution in [3.05, 3.63) is 51.9 Å². The number of ether oxygens (including phenoxy) is 1. The van der Waals surface area contributed by atoms with E-state index in [0.717, 1.165) is 16.9 Å². The van der Waals surface area contributed by atoms with Crippen molar-refractivity contribution in [3.63, 3.8) is 0 Å². The molecule has 1 atom stereocenters. The van der Waals surface area contributed by atoms with Gasteiger partial charge in [0.25, 0.3) is 0 Å². The zero-order valence-corrected chi connectivity index (χ0v) is 15.3. The molecule has 0 aliphatic heterocycles. The van der Waals surface area contributed by atoms with Gasteiger partial charge in [0.15, 0.2) is 0 Å². The molecule has 1 aromatic heterocycles. The SMILES string of the molecule is CCOC(=O)c1sc(NC(=O)C(CC)c2ccccc2)c(C#N)c1C. The van der Waals surface area contributed by atoms with E-state index in [1.54, 1.807) is 13.8 Å². The van der Waals surface area contributed by atoms with Crippen LogP contribution in [-0.4, -0.2) is 18.5 Å². The maximum absolute atomic E-state index is 12.7. The summed E-state index contributed by atoms with van der Waals surface area (Å²) < 4.78 is 5.01. The number of carbonyl (C=O) groups is 2. The van der Waals surface area contributed by atoms with Gasteiger partial charge < -0.3 is 10.1 Å². The first kappa shape index (κ1) is 18.7. The van der Waals surface area contributed by atoms with Crippen molar-refractivity contribution in [3.8, 4) is 6.07 Å². The number of nitrogens with zero attached hydrogens (tertiary/aromatic N) is 1. The van der Waals surface area contributed by atoms with Crippen molar-refractivity contribution in [1.29, 1.82) is 5.26 Å². The maximum Gasteiger partial charge on any atom is 0.348 e. The minimum atomic E-state index is -0.475. The van der Waals surface area contributed by atoms with Crippen LogP contribution in [0.2, 0.25) is 0 Å². The summed E-state index contributed by atoms with van der Waals surface area (Å²) in [6, 6.07) is 11.6. The van der Waals surface area contributed by atoms with E-state index in [1.165, 1.54) is 0 Å². The highest BCUT2D eigenvalue weighted by Gasteiger charge is 2.25. The summed E-state index contributed by atoms with van der Waals surface area (Å²) in [7, 11) is 0. The van der Waals surface area contributed by atoms with Crippen LogP contribution in [0.1, 0.15) is 52.5 Å². The molecule has 0 saturated carbocycles. The maximum atomic E-state index is 12.7. The standard InChI is InChI=1S/C19H20N2O3S/c1-4-14(13-9-7-6-8-10-13)17(22)21-18-15(11-20)12(3)16(25-18)19(23)24-5-2/h6-10,14H,4-5H2,1-3H3,(H,21,22). The van der Waals surface area contributed by atoms with Crippen molar-refractivity contribution < 1.29 is 14.3 Å². The van der Waals surface area contributed by atoms with Gasteiger partial charge in [0.1, 0.15) is 15.9 Å². The first-order valence-corrected chi connectivity index (χ1v) is 8.91. The average molecular weight is 356 g/mol. The van der Waals surface area contributed by atoms with Gasteiger partial charge in [0.05, 0.1) is 18.1 Å². The van der Waals surface area contributed by atoms with Crippen LogP contribution in [0.15, 0.2) is 30.3 Å². The summed E-state index contributed by atoms with van der Waals surface area (Å²) in [5.41, 5.74) is 1.76. The molecule has 2 aromatic rings. The summed E-state index contributed by atoms with van der Waals surface area (Å²) in [6.07, 6.45) is 0.632. The summed E-state index contributed by atoms with van der Waals surface area (Å²) >= 11 is 1.08. The van der Waals surface area contributed by atoms with Crippen LogP contribution < -0.4 is 5.32 Å². The summed E-state index contributed by atoms with van der Waals surface area (Å²) in [5, 5.41) is 12.6. The zero-order valence-electron chi connectivity index (χ0n) is 14.5. The molecule has 0 spiro atoms. The number of amides is 1. The molecule has 0 radical (unpaired) electrons. The van der Waals surface area contributed by atoms with Gasteiger partial charge in [-0.25, -0.2) is 4.79 Å². The fourth-order valence-corrected chi connectivity index (χ4v) is 3.64. The molecule has 0 fully saturated rings. The van der Waals surface area contributed by atoms with Crippen LogP contribution >= 0.6 is 11.3 Å². The van der Waals surface area contributed by atoms with E-state index in [2.05, 4.69) is 11.4 Å². The Labute approximate surface area is 151 Å². The Morgan fingerprint density at radius 2 is 1.96 bits per heavy atom. The third-order valence-electron chi connectivity index (χ3n) is 3.88. The predicted molar refractivity (Wildman–Crippen MR) is 97.8 cm³/mol. The van der Waals surface area contributed by atoms with Crippen molar-refractivity contribution >= 4 is 28.2 Å². The zero-order chi connectivity index (χ0) is 18.4. The van der Waals surface area contributed by atoms with Gasteiger partial charge in [-0.05, 0) is 31.4 Å². The lowest BCUT2D eigenvalue weighted by atomic mass is 9.96. The second-order valence-corrected chi connectivity index (χ2v) is 6.47. The van der Waals surface area contributed by atoms with Crippen LogP contribution in [0, 0.1) is 18.3 Å². The molecular formula is C19H20N2O3S. The van der Waals surface area contributed by atoms with E-state index in [9.17, 15) is 14.9 Å². The third kappa shape index (κ3) is 4.06. The van der Waals surface area contributed by atoms with Gasteiger partial charge in [0.2, 0.25) is 5.91 Å². The molecule has 0 saturated heterocycles. The second-order valence-electron chi connectivity index (χ2n) is 5.45. The van der Waals surface area contributed by atoms with Gasteiger partial charge in [0, 0.05) is 0 Å². The molecule has 5 nitrogen and oxygen atoms in total. The molecule has 1 heterocycles. The monoisotopic (exact) mass is 356 g/mol. The predicted octanol–water partition coefficient (Wildman–Crippen LogP) is 4.24. The molecule has 1 N–H and O–H groups in total. The van der Waals surface area contributed by atoms with E-state index in [0.29, 0.717) is 27.4 Å². The lowest BCUT2D eigenvalue weighted by Gasteiger charge is -2.14. The van der Waals surface area contributed by atoms with Crippen LogP contribution in [0.3, 0.4) is 0 Å². The highest BCUT2D eigenvalue weighted by Crippen LogP contribution is 2.34. The highest BCUT2D eigenvalue weighted by molar-refractivity contribution is 7.18. The number of benzene rings is 1. The van der Waals surface area contributed by atoms with Gasteiger partial charge in [-0.3, -0.25) is 4.79 Å². The average Bonchev–Trinajstić information content (AvgIpc) is 2.92. The number of anilines is 1. The molecule has 0 bridgehead atoms. The summed E-state index contributed by atoms with van der Waals surface area (Å²) in [6.45, 7) is 5.60. The van der Waals surface area contributed by atoms with Crippen LogP contribution in [-0.2, 0) is 9.53 Å². The number of thiophene rings is 1. The van der Waals surface area contributed by atoms with E-state index in [4.69, 9.17) is 4.74 Å². The van der Waals surface area contributed by atoms with E-state index in [-0.39, 0.29) is 18.4 Å². The first-order valence-electron chi connectivity index (χ1n) is 8.09. The minimum Gasteiger partial charge on any atom is -0.462 e. The van der Waals surface area contributed by atoms with Crippen molar-refractivity contribution in [2.75, 3.05) is 11.9 Å². The molecule has 25 heavy (non-hydrogen) atoms. The van der Waals surface area contributed by atoms with Crippen molar-refractivity contribution in [2.24, 2.45) is 0 Å². The van der Waals surface area contributed by atoms with Crippen molar-refractivity contribution in [2.45, 2.75) is 33.1 Å². The molecule has 0 aliphatic rings. The second kappa shape index (κ2) is 8.45. The number of nitriles is 1. The lowest BCUT2D eigenvalue weighted by Crippen LogP contribution is -2.20. The van der Waals surface area contributed by atoms with Crippen LogP contribution in [0.4, 0.5) is 5.00 Å². The summed E-state index contributed by atoms with van der Waals surface area (Å²) in [5.74, 6) is -0.986. The number of esters is 1. The number of nitrogens with one attached hydrogen (secondary N) is 1. The molecule has 1 unspecified atom stereocenters. The van der Waals surface area contributed by atoms with E-state index in [1.807, 2.05) is 37.3 Å². The smallest absolute Gasteiger partial charge is 0.348 e. The Morgan fingerprint density at radius 3 is 2.52 bits per heavy atom. The lowest BCUT2D eigenvalue weighted by molar-refractivity contribution is -0.117. The van der Waals surface area contributed by atoms with Gasteiger partial charge in [-0.15, -0.1) is 11.3 Å². The fraction of sp³-hybridized carbons (Fsp3) is 0.316. The first-order chi connectivity index (χ1) is 12.0. The topological polar surface area (TPSA) is 79.2 Å². The minimum absolute atomic E-state index is 0.193. The number of hydrogen-bond donors (Lipinski definition) is 1. The molecule has 1 aromatic carbocycles. The largest absolute Gasteiger partial charge is 0.462 e. The molecule has 1 amide bonds.